The van der Waals surface area contributed by atoms with Crippen LogP contribution in [0.25, 0.3) is 6.08 Å². The molecule has 0 aliphatic heterocycles. The molecule has 1 aromatic carbocycles. The van der Waals surface area contributed by atoms with Crippen molar-refractivity contribution >= 4 is 11.8 Å². The smallest absolute Gasteiger partial charge is 0.0314 e. The van der Waals surface area contributed by atoms with Crippen molar-refractivity contribution in [2.24, 2.45) is 0 Å². The van der Waals surface area contributed by atoms with Crippen LogP contribution in [0.3, 0.4) is 0 Å². The number of anilines is 1. The highest BCUT2D eigenvalue weighted by atomic mass is 14.5. The van der Waals surface area contributed by atoms with Crippen molar-refractivity contribution in [2.75, 3.05) is 5.73 Å². The summed E-state index contributed by atoms with van der Waals surface area (Å²) in [4.78, 5) is 0. The number of benzene rings is 1. The van der Waals surface area contributed by atoms with E-state index >= 15 is 0 Å². The Morgan fingerprint density at radius 1 is 1.25 bits per heavy atom. The van der Waals surface area contributed by atoms with Crippen LogP contribution in [-0.2, 0) is 0 Å². The second-order valence-electron chi connectivity index (χ2n) is 2.71. The van der Waals surface area contributed by atoms with Gasteiger partial charge < -0.3 is 5.73 Å². The lowest BCUT2D eigenvalue weighted by Crippen LogP contribution is -1.82. The van der Waals surface area contributed by atoms with Gasteiger partial charge in [-0.2, -0.15) is 0 Å². The van der Waals surface area contributed by atoms with E-state index in [1.54, 1.807) is 0 Å². The first-order valence-corrected chi connectivity index (χ1v) is 4.14. The summed E-state index contributed by atoms with van der Waals surface area (Å²) >= 11 is 0. The first-order chi connectivity index (χ1) is 5.83. The summed E-state index contributed by atoms with van der Waals surface area (Å²) in [7, 11) is 0. The third kappa shape index (κ3) is 2.79. The SMILES string of the molecule is [CH2]CCC=Cc1ccc(N)cc1. The Bertz CT molecular complexity index is 246. The van der Waals surface area contributed by atoms with Crippen LogP contribution in [0.1, 0.15) is 18.4 Å². The molecule has 1 rings (SSSR count). The summed E-state index contributed by atoms with van der Waals surface area (Å²) in [6.07, 6.45) is 6.19. The van der Waals surface area contributed by atoms with E-state index in [4.69, 9.17) is 5.73 Å². The number of hydrogen-bond donors (Lipinski definition) is 1. The van der Waals surface area contributed by atoms with Gasteiger partial charge in [-0.15, -0.1) is 0 Å². The maximum absolute atomic E-state index is 5.55. The zero-order valence-corrected chi connectivity index (χ0v) is 7.16. The topological polar surface area (TPSA) is 26.0 Å². The molecule has 0 aromatic heterocycles. The van der Waals surface area contributed by atoms with Crippen LogP contribution in [0.5, 0.6) is 0 Å². The summed E-state index contributed by atoms with van der Waals surface area (Å²) in [5.41, 5.74) is 7.55. The van der Waals surface area contributed by atoms with Crippen LogP contribution in [-0.4, -0.2) is 0 Å². The Morgan fingerprint density at radius 2 is 1.92 bits per heavy atom. The predicted molar refractivity (Wildman–Crippen MR) is 54.5 cm³/mol. The van der Waals surface area contributed by atoms with Gasteiger partial charge in [0.1, 0.15) is 0 Å². The number of rotatable bonds is 3. The average Bonchev–Trinajstić information content (AvgIpc) is 2.09. The fraction of sp³-hybridized carbons (Fsp3) is 0.182. The Morgan fingerprint density at radius 3 is 2.50 bits per heavy atom. The molecule has 0 atom stereocenters. The monoisotopic (exact) mass is 160 g/mol. The van der Waals surface area contributed by atoms with Crippen LogP contribution >= 0.6 is 0 Å². The maximum Gasteiger partial charge on any atom is 0.0314 e. The van der Waals surface area contributed by atoms with E-state index in [1.165, 1.54) is 5.56 Å². The molecule has 0 bridgehead atoms. The van der Waals surface area contributed by atoms with Crippen molar-refractivity contribution in [3.05, 3.63) is 42.8 Å². The highest BCUT2D eigenvalue weighted by molar-refractivity contribution is 5.53. The summed E-state index contributed by atoms with van der Waals surface area (Å²) < 4.78 is 0. The predicted octanol–water partition coefficient (Wildman–Crippen LogP) is 2.90. The van der Waals surface area contributed by atoms with Crippen molar-refractivity contribution in [2.45, 2.75) is 12.8 Å². The molecular weight excluding hydrogens is 146 g/mol. The number of unbranched alkanes of at least 4 members (excludes halogenated alkanes) is 1. The normalized spacial score (nSPS) is 10.8. The average molecular weight is 160 g/mol. The minimum Gasteiger partial charge on any atom is -0.399 e. The molecule has 12 heavy (non-hydrogen) atoms. The van der Waals surface area contributed by atoms with Crippen molar-refractivity contribution < 1.29 is 0 Å². The Balaban J connectivity index is 2.58. The van der Waals surface area contributed by atoms with Crippen LogP contribution < -0.4 is 5.73 Å². The lowest BCUT2D eigenvalue weighted by atomic mass is 10.2. The van der Waals surface area contributed by atoms with E-state index in [2.05, 4.69) is 19.1 Å². The van der Waals surface area contributed by atoms with Crippen molar-refractivity contribution in [3.63, 3.8) is 0 Å². The molecule has 0 spiro atoms. The minimum atomic E-state index is 0.810. The second kappa shape index (κ2) is 4.60. The molecule has 1 aromatic rings. The van der Waals surface area contributed by atoms with Gasteiger partial charge in [0.05, 0.1) is 0 Å². The lowest BCUT2D eigenvalue weighted by molar-refractivity contribution is 1.06. The third-order valence-electron chi connectivity index (χ3n) is 1.62. The number of nitrogen functional groups attached to an aromatic ring is 1. The summed E-state index contributed by atoms with van der Waals surface area (Å²) in [6, 6.07) is 7.83. The Labute approximate surface area is 73.9 Å². The molecule has 0 heterocycles. The van der Waals surface area contributed by atoms with Crippen molar-refractivity contribution in [1.82, 2.24) is 0 Å². The number of nitrogens with two attached hydrogens (primary N) is 1. The minimum absolute atomic E-state index is 0.810. The summed E-state index contributed by atoms with van der Waals surface area (Å²) in [5.74, 6) is 0. The largest absolute Gasteiger partial charge is 0.399 e. The summed E-state index contributed by atoms with van der Waals surface area (Å²) in [6.45, 7) is 3.76. The van der Waals surface area contributed by atoms with Crippen LogP contribution in [0.15, 0.2) is 30.3 Å². The van der Waals surface area contributed by atoms with Gasteiger partial charge in [0.2, 0.25) is 0 Å². The van der Waals surface area contributed by atoms with E-state index in [0.29, 0.717) is 0 Å². The number of hydrogen-bond acceptors (Lipinski definition) is 1. The van der Waals surface area contributed by atoms with Gasteiger partial charge in [-0.3, -0.25) is 0 Å². The molecular formula is C11H14N. The zero-order chi connectivity index (χ0) is 8.81. The Hall–Kier alpha value is -1.24. The fourth-order valence-electron chi connectivity index (χ4n) is 0.944. The fourth-order valence-corrected chi connectivity index (χ4v) is 0.944. The quantitative estimate of drug-likeness (QED) is 0.676. The molecule has 2 N–H and O–H groups in total. The molecule has 1 radical (unpaired) electrons. The molecule has 1 heteroatoms. The molecule has 0 saturated carbocycles. The van der Waals surface area contributed by atoms with Crippen LogP contribution in [0.4, 0.5) is 5.69 Å². The van der Waals surface area contributed by atoms with E-state index in [9.17, 15) is 0 Å². The molecule has 0 aliphatic rings. The second-order valence-corrected chi connectivity index (χ2v) is 2.71. The van der Waals surface area contributed by atoms with Crippen LogP contribution in [0, 0.1) is 6.92 Å². The molecule has 1 nitrogen and oxygen atoms in total. The molecule has 0 saturated heterocycles. The zero-order valence-electron chi connectivity index (χ0n) is 7.16. The molecule has 0 amide bonds. The Kier molecular flexibility index (Phi) is 3.39. The first kappa shape index (κ1) is 8.85. The van der Waals surface area contributed by atoms with Gasteiger partial charge in [-0.1, -0.05) is 31.2 Å². The third-order valence-corrected chi connectivity index (χ3v) is 1.62. The molecule has 0 aliphatic carbocycles. The van der Waals surface area contributed by atoms with E-state index in [-0.39, 0.29) is 0 Å². The van der Waals surface area contributed by atoms with Crippen molar-refractivity contribution in [1.29, 1.82) is 0 Å². The van der Waals surface area contributed by atoms with Crippen molar-refractivity contribution in [3.8, 4) is 0 Å². The highest BCUT2D eigenvalue weighted by Crippen LogP contribution is 2.07. The van der Waals surface area contributed by atoms with E-state index < -0.39 is 0 Å². The lowest BCUT2D eigenvalue weighted by Gasteiger charge is -1.93. The van der Waals surface area contributed by atoms with Gasteiger partial charge in [0, 0.05) is 5.69 Å². The van der Waals surface area contributed by atoms with Gasteiger partial charge in [-0.05, 0) is 30.5 Å². The molecule has 63 valence electrons. The van der Waals surface area contributed by atoms with Gasteiger partial charge in [0.25, 0.3) is 0 Å². The van der Waals surface area contributed by atoms with Gasteiger partial charge >= 0.3 is 0 Å². The standard InChI is InChI=1S/C11H14N/c1-2-3-4-5-10-6-8-11(12)9-7-10/h4-9H,1-3,12H2. The molecule has 0 fully saturated rings. The highest BCUT2D eigenvalue weighted by Gasteiger charge is 1.85. The van der Waals surface area contributed by atoms with E-state index in [0.717, 1.165) is 18.5 Å². The first-order valence-electron chi connectivity index (χ1n) is 4.14. The van der Waals surface area contributed by atoms with Crippen LogP contribution in [0.2, 0.25) is 0 Å². The number of allylic oxidation sites excluding steroid dienone is 1. The summed E-state index contributed by atoms with van der Waals surface area (Å²) in [5, 5.41) is 0. The maximum atomic E-state index is 5.55. The molecule has 0 unspecified atom stereocenters. The van der Waals surface area contributed by atoms with Gasteiger partial charge in [0.15, 0.2) is 0 Å². The van der Waals surface area contributed by atoms with E-state index in [1.807, 2.05) is 24.3 Å². The van der Waals surface area contributed by atoms with Gasteiger partial charge in [-0.25, -0.2) is 0 Å².